The van der Waals surface area contributed by atoms with Gasteiger partial charge >= 0.3 is 6.18 Å². The molecule has 8 heteroatoms. The standard InChI is InChI=1S/C20H18F3N3OS/c21-20(22,23)15-5-2-1-4-14(15)19(27)24-9-10-26-17(13-7-8-13)12-16(25-26)18-6-3-11-28-18/h1-6,11-13H,7-10H2,(H,24,27). The number of thiophene rings is 1. The molecule has 1 aromatic carbocycles. The molecule has 2 aromatic heterocycles. The number of carbonyl (C=O) groups is 1. The van der Waals surface area contributed by atoms with E-state index >= 15 is 0 Å². The molecule has 0 bridgehead atoms. The number of hydrogen-bond acceptors (Lipinski definition) is 3. The van der Waals surface area contributed by atoms with Gasteiger partial charge in [0.05, 0.1) is 22.5 Å². The number of benzene rings is 1. The van der Waals surface area contributed by atoms with E-state index in [1.807, 2.05) is 22.2 Å². The minimum Gasteiger partial charge on any atom is -0.350 e. The Morgan fingerprint density at radius 3 is 2.68 bits per heavy atom. The number of alkyl halides is 3. The molecule has 4 nitrogen and oxygen atoms in total. The lowest BCUT2D eigenvalue weighted by Crippen LogP contribution is -2.29. The maximum absolute atomic E-state index is 13.1. The molecule has 0 spiro atoms. The monoisotopic (exact) mass is 405 g/mol. The second kappa shape index (κ2) is 7.43. The van der Waals surface area contributed by atoms with Gasteiger partial charge in [0.2, 0.25) is 0 Å². The van der Waals surface area contributed by atoms with Crippen molar-refractivity contribution in [3.63, 3.8) is 0 Å². The van der Waals surface area contributed by atoms with Crippen molar-refractivity contribution in [1.29, 1.82) is 0 Å². The number of carbonyl (C=O) groups excluding carboxylic acids is 1. The number of aromatic nitrogens is 2. The number of rotatable bonds is 6. The summed E-state index contributed by atoms with van der Waals surface area (Å²) in [6.07, 6.45) is -2.34. The van der Waals surface area contributed by atoms with Crippen molar-refractivity contribution in [2.75, 3.05) is 6.54 Å². The molecule has 0 unspecified atom stereocenters. The van der Waals surface area contributed by atoms with Gasteiger partial charge in [-0.05, 0) is 42.5 Å². The van der Waals surface area contributed by atoms with Gasteiger partial charge in [-0.25, -0.2) is 0 Å². The Balaban J connectivity index is 1.45. The van der Waals surface area contributed by atoms with Gasteiger partial charge in [-0.3, -0.25) is 9.48 Å². The van der Waals surface area contributed by atoms with E-state index in [0.29, 0.717) is 12.5 Å². The molecule has 1 N–H and O–H groups in total. The largest absolute Gasteiger partial charge is 0.417 e. The zero-order valence-corrected chi connectivity index (χ0v) is 15.7. The molecule has 0 aliphatic heterocycles. The topological polar surface area (TPSA) is 46.9 Å². The number of nitrogens with zero attached hydrogens (tertiary/aromatic N) is 2. The van der Waals surface area contributed by atoms with E-state index < -0.39 is 17.6 Å². The van der Waals surface area contributed by atoms with Crippen molar-refractivity contribution in [2.24, 2.45) is 0 Å². The van der Waals surface area contributed by atoms with Gasteiger partial charge in [0, 0.05) is 18.2 Å². The van der Waals surface area contributed by atoms with Crippen LogP contribution in [0.25, 0.3) is 10.6 Å². The summed E-state index contributed by atoms with van der Waals surface area (Å²) in [5.41, 5.74) is 0.724. The normalized spacial score (nSPS) is 14.2. The molecular weight excluding hydrogens is 387 g/mol. The zero-order valence-electron chi connectivity index (χ0n) is 14.9. The highest BCUT2D eigenvalue weighted by molar-refractivity contribution is 7.13. The molecule has 0 atom stereocenters. The van der Waals surface area contributed by atoms with Crippen LogP contribution in [0.1, 0.15) is 40.4 Å². The van der Waals surface area contributed by atoms with Gasteiger partial charge < -0.3 is 5.32 Å². The Bertz CT molecular complexity index is 975. The predicted molar refractivity (Wildman–Crippen MR) is 101 cm³/mol. The van der Waals surface area contributed by atoms with E-state index in [-0.39, 0.29) is 12.1 Å². The average molecular weight is 405 g/mol. The second-order valence-electron chi connectivity index (χ2n) is 6.73. The van der Waals surface area contributed by atoms with Gasteiger partial charge in [0.15, 0.2) is 0 Å². The van der Waals surface area contributed by atoms with Crippen molar-refractivity contribution in [3.05, 3.63) is 64.7 Å². The maximum atomic E-state index is 13.1. The van der Waals surface area contributed by atoms with Crippen LogP contribution in [0.15, 0.2) is 47.8 Å². The molecule has 28 heavy (non-hydrogen) atoms. The first kappa shape index (κ1) is 18.7. The van der Waals surface area contributed by atoms with E-state index in [1.54, 1.807) is 11.3 Å². The second-order valence-corrected chi connectivity index (χ2v) is 7.68. The van der Waals surface area contributed by atoms with Crippen molar-refractivity contribution in [2.45, 2.75) is 31.5 Å². The van der Waals surface area contributed by atoms with Crippen LogP contribution in [0.4, 0.5) is 13.2 Å². The fourth-order valence-electron chi connectivity index (χ4n) is 3.16. The summed E-state index contributed by atoms with van der Waals surface area (Å²) in [7, 11) is 0. The summed E-state index contributed by atoms with van der Waals surface area (Å²) >= 11 is 1.61. The minimum absolute atomic E-state index is 0.205. The lowest BCUT2D eigenvalue weighted by Gasteiger charge is -2.13. The lowest BCUT2D eigenvalue weighted by molar-refractivity contribution is -0.137. The summed E-state index contributed by atoms with van der Waals surface area (Å²) in [5, 5.41) is 9.22. The van der Waals surface area contributed by atoms with Crippen molar-refractivity contribution >= 4 is 17.2 Å². The molecule has 4 rings (SSSR count). The molecular formula is C20H18F3N3OS. The van der Waals surface area contributed by atoms with E-state index in [9.17, 15) is 18.0 Å². The molecule has 2 heterocycles. The highest BCUT2D eigenvalue weighted by Crippen LogP contribution is 2.41. The first-order valence-electron chi connectivity index (χ1n) is 8.99. The number of nitrogens with one attached hydrogen (secondary N) is 1. The van der Waals surface area contributed by atoms with Crippen LogP contribution >= 0.6 is 11.3 Å². The summed E-state index contributed by atoms with van der Waals surface area (Å²) < 4.78 is 41.1. The third-order valence-corrected chi connectivity index (χ3v) is 5.56. The lowest BCUT2D eigenvalue weighted by atomic mass is 10.1. The maximum Gasteiger partial charge on any atom is 0.417 e. The minimum atomic E-state index is -4.56. The molecule has 1 aliphatic rings. The van der Waals surface area contributed by atoms with E-state index in [1.165, 1.54) is 18.2 Å². The van der Waals surface area contributed by atoms with Gasteiger partial charge in [-0.1, -0.05) is 18.2 Å². The number of amides is 1. The van der Waals surface area contributed by atoms with Crippen LogP contribution in [-0.4, -0.2) is 22.2 Å². The van der Waals surface area contributed by atoms with E-state index in [2.05, 4.69) is 16.5 Å². The third-order valence-electron chi connectivity index (χ3n) is 4.67. The Labute approximate surface area is 164 Å². The number of halogens is 3. The average Bonchev–Trinajstić information content (AvgIpc) is 3.19. The summed E-state index contributed by atoms with van der Waals surface area (Å²) in [6.45, 7) is 0.618. The van der Waals surface area contributed by atoms with Gasteiger partial charge in [0.1, 0.15) is 5.69 Å². The van der Waals surface area contributed by atoms with Crippen LogP contribution in [-0.2, 0) is 12.7 Å². The van der Waals surface area contributed by atoms with Gasteiger partial charge in [-0.15, -0.1) is 11.3 Å². The highest BCUT2D eigenvalue weighted by Gasteiger charge is 2.34. The molecule has 0 saturated heterocycles. The summed E-state index contributed by atoms with van der Waals surface area (Å²) in [6, 6.07) is 10.9. The molecule has 1 saturated carbocycles. The molecule has 1 amide bonds. The summed E-state index contributed by atoms with van der Waals surface area (Å²) in [4.78, 5) is 13.4. The molecule has 0 radical (unpaired) electrons. The van der Waals surface area contributed by atoms with Crippen molar-refractivity contribution < 1.29 is 18.0 Å². The van der Waals surface area contributed by atoms with Crippen LogP contribution in [0.5, 0.6) is 0 Å². The first-order chi connectivity index (χ1) is 13.4. The van der Waals surface area contributed by atoms with E-state index in [0.717, 1.165) is 35.2 Å². The smallest absolute Gasteiger partial charge is 0.350 e. The fraction of sp³-hybridized carbons (Fsp3) is 0.300. The highest BCUT2D eigenvalue weighted by atomic mass is 32.1. The van der Waals surface area contributed by atoms with Gasteiger partial charge in [0.25, 0.3) is 5.91 Å². The Morgan fingerprint density at radius 1 is 1.21 bits per heavy atom. The molecule has 3 aromatic rings. The Morgan fingerprint density at radius 2 is 2.00 bits per heavy atom. The van der Waals surface area contributed by atoms with E-state index in [4.69, 9.17) is 0 Å². The molecule has 1 aliphatic carbocycles. The Kier molecular flexibility index (Phi) is 4.97. The fourth-order valence-corrected chi connectivity index (χ4v) is 3.84. The SMILES string of the molecule is O=C(NCCn1nc(-c2cccs2)cc1C1CC1)c1ccccc1C(F)(F)F. The van der Waals surface area contributed by atoms with Crippen molar-refractivity contribution in [3.8, 4) is 10.6 Å². The van der Waals surface area contributed by atoms with Crippen molar-refractivity contribution in [1.82, 2.24) is 15.1 Å². The Hall–Kier alpha value is -2.61. The van der Waals surface area contributed by atoms with Crippen LogP contribution in [0.3, 0.4) is 0 Å². The predicted octanol–water partition coefficient (Wildman–Crippen LogP) is 4.94. The van der Waals surface area contributed by atoms with Gasteiger partial charge in [-0.2, -0.15) is 18.3 Å². The van der Waals surface area contributed by atoms with Crippen LogP contribution < -0.4 is 5.32 Å². The van der Waals surface area contributed by atoms with Crippen LogP contribution in [0, 0.1) is 0 Å². The first-order valence-corrected chi connectivity index (χ1v) is 9.87. The zero-order chi connectivity index (χ0) is 19.7. The number of hydrogen-bond donors (Lipinski definition) is 1. The third kappa shape index (κ3) is 3.96. The van der Waals surface area contributed by atoms with Crippen LogP contribution in [0.2, 0.25) is 0 Å². The molecule has 1 fully saturated rings. The quantitative estimate of drug-likeness (QED) is 0.632. The summed E-state index contributed by atoms with van der Waals surface area (Å²) in [5.74, 6) is -0.255. The molecule has 146 valence electrons.